The molecule has 4 heteroatoms. The van der Waals surface area contributed by atoms with Crippen LogP contribution in [0, 0.1) is 5.92 Å². The Bertz CT molecular complexity index is 644. The predicted molar refractivity (Wildman–Crippen MR) is 109 cm³/mol. The number of aliphatic hydroxyl groups is 2. The summed E-state index contributed by atoms with van der Waals surface area (Å²) in [6.45, 7) is 3.98. The van der Waals surface area contributed by atoms with Crippen molar-refractivity contribution < 1.29 is 14.9 Å². The van der Waals surface area contributed by atoms with Gasteiger partial charge in [0.05, 0.1) is 13.2 Å². The molecular weight excluding hydrogens is 344 g/mol. The van der Waals surface area contributed by atoms with E-state index in [4.69, 9.17) is 4.74 Å². The Hall–Kier alpha value is -1.49. The molecule has 26 heavy (non-hydrogen) atoms. The average molecular weight is 375 g/mol. The van der Waals surface area contributed by atoms with Gasteiger partial charge in [0.15, 0.2) is 0 Å². The normalized spacial score (nSPS) is 15.9. The maximum atomic E-state index is 10.9. The monoisotopic (exact) mass is 374 g/mol. The molecular formula is C22H30O3S. The highest BCUT2D eigenvalue weighted by Gasteiger charge is 2.36. The quantitative estimate of drug-likeness (QED) is 0.599. The molecule has 3 atom stereocenters. The first-order chi connectivity index (χ1) is 12.5. The molecule has 0 bridgehead atoms. The lowest BCUT2D eigenvalue weighted by Gasteiger charge is -2.37. The van der Waals surface area contributed by atoms with Crippen molar-refractivity contribution in [3.63, 3.8) is 0 Å². The highest BCUT2D eigenvalue weighted by Crippen LogP contribution is 2.42. The van der Waals surface area contributed by atoms with Gasteiger partial charge in [0, 0.05) is 22.2 Å². The number of hydrogen-bond acceptors (Lipinski definition) is 4. The second-order valence-electron chi connectivity index (χ2n) is 7.03. The van der Waals surface area contributed by atoms with Crippen LogP contribution < -0.4 is 4.74 Å². The Morgan fingerprint density at radius 3 is 2.31 bits per heavy atom. The lowest BCUT2D eigenvalue weighted by atomic mass is 9.88. The third-order valence-electron chi connectivity index (χ3n) is 4.84. The van der Waals surface area contributed by atoms with Gasteiger partial charge in [-0.05, 0) is 56.0 Å². The van der Waals surface area contributed by atoms with Crippen LogP contribution in [0.3, 0.4) is 0 Å². The topological polar surface area (TPSA) is 49.7 Å². The minimum absolute atomic E-state index is 0.0153. The van der Waals surface area contributed by atoms with E-state index in [0.29, 0.717) is 0 Å². The number of ether oxygens (including phenoxy) is 1. The van der Waals surface area contributed by atoms with Gasteiger partial charge >= 0.3 is 0 Å². The molecule has 0 saturated heterocycles. The van der Waals surface area contributed by atoms with Crippen LogP contribution in [0.4, 0.5) is 0 Å². The molecule has 0 saturated carbocycles. The van der Waals surface area contributed by atoms with Gasteiger partial charge in [-0.25, -0.2) is 0 Å². The first kappa shape index (κ1) is 20.8. The van der Waals surface area contributed by atoms with Gasteiger partial charge in [-0.15, -0.1) is 11.8 Å². The molecule has 3 nitrogen and oxygen atoms in total. The standard InChI is InChI=1S/C22H30O3S/c1-17(16-23)21(24)22(2,15-7-10-18-8-5-4-6-9-18)26-20-13-11-19(25-3)12-14-20/h4-6,8-9,11-14,17,21,23-24H,7,10,15-16H2,1-3H3/t17-,21-,22+/m1/s1. The predicted octanol–water partition coefficient (Wildman–Crippen LogP) is 4.56. The smallest absolute Gasteiger partial charge is 0.118 e. The Morgan fingerprint density at radius 1 is 1.08 bits per heavy atom. The van der Waals surface area contributed by atoms with Gasteiger partial charge < -0.3 is 14.9 Å². The summed E-state index contributed by atoms with van der Waals surface area (Å²) in [7, 11) is 1.66. The van der Waals surface area contributed by atoms with Crippen LogP contribution in [-0.4, -0.2) is 34.8 Å². The second-order valence-corrected chi connectivity index (χ2v) is 8.64. The van der Waals surface area contributed by atoms with E-state index in [1.54, 1.807) is 18.9 Å². The summed E-state index contributed by atoms with van der Waals surface area (Å²) in [6, 6.07) is 18.3. The molecule has 2 rings (SSSR count). The molecule has 0 spiro atoms. The Balaban J connectivity index is 2.09. The van der Waals surface area contributed by atoms with Crippen molar-refractivity contribution in [1.29, 1.82) is 0 Å². The fourth-order valence-electron chi connectivity index (χ4n) is 3.16. The van der Waals surface area contributed by atoms with E-state index in [-0.39, 0.29) is 17.3 Å². The molecule has 0 heterocycles. The zero-order valence-electron chi connectivity index (χ0n) is 15.9. The van der Waals surface area contributed by atoms with Crippen molar-refractivity contribution in [3.8, 4) is 5.75 Å². The fraction of sp³-hybridized carbons (Fsp3) is 0.455. The van der Waals surface area contributed by atoms with E-state index in [2.05, 4.69) is 31.2 Å². The Kier molecular flexibility index (Phi) is 8.01. The number of aliphatic hydroxyl groups excluding tert-OH is 2. The number of methoxy groups -OCH3 is 1. The molecule has 0 radical (unpaired) electrons. The zero-order valence-corrected chi connectivity index (χ0v) is 16.7. The Labute approximate surface area is 161 Å². The summed E-state index contributed by atoms with van der Waals surface area (Å²) < 4.78 is 4.86. The van der Waals surface area contributed by atoms with Gasteiger partial charge in [0.1, 0.15) is 5.75 Å². The van der Waals surface area contributed by atoms with Gasteiger partial charge in [0.2, 0.25) is 0 Å². The van der Waals surface area contributed by atoms with Crippen LogP contribution in [0.15, 0.2) is 59.5 Å². The largest absolute Gasteiger partial charge is 0.497 e. The van der Waals surface area contributed by atoms with Gasteiger partial charge in [-0.1, -0.05) is 37.3 Å². The molecule has 0 unspecified atom stereocenters. The number of aryl methyl sites for hydroxylation is 1. The van der Waals surface area contributed by atoms with E-state index >= 15 is 0 Å². The van der Waals surface area contributed by atoms with Crippen molar-refractivity contribution in [1.82, 2.24) is 0 Å². The summed E-state index contributed by atoms with van der Waals surface area (Å²) >= 11 is 1.68. The average Bonchev–Trinajstić information content (AvgIpc) is 2.68. The van der Waals surface area contributed by atoms with Gasteiger partial charge in [-0.3, -0.25) is 0 Å². The van der Waals surface area contributed by atoms with Crippen molar-refractivity contribution in [2.45, 2.75) is 48.9 Å². The van der Waals surface area contributed by atoms with Gasteiger partial charge in [0.25, 0.3) is 0 Å². The van der Waals surface area contributed by atoms with Gasteiger partial charge in [-0.2, -0.15) is 0 Å². The van der Waals surface area contributed by atoms with E-state index < -0.39 is 6.10 Å². The van der Waals surface area contributed by atoms with E-state index in [0.717, 1.165) is 29.9 Å². The zero-order chi connectivity index (χ0) is 19.0. The number of hydrogen-bond donors (Lipinski definition) is 2. The maximum Gasteiger partial charge on any atom is 0.118 e. The van der Waals surface area contributed by atoms with E-state index in [9.17, 15) is 10.2 Å². The first-order valence-corrected chi connectivity index (χ1v) is 9.96. The van der Waals surface area contributed by atoms with Crippen LogP contribution in [0.2, 0.25) is 0 Å². The third kappa shape index (κ3) is 5.76. The van der Waals surface area contributed by atoms with E-state index in [1.807, 2.05) is 37.3 Å². The van der Waals surface area contributed by atoms with Crippen LogP contribution in [-0.2, 0) is 6.42 Å². The molecule has 0 aromatic heterocycles. The lowest BCUT2D eigenvalue weighted by molar-refractivity contribution is 0.0471. The summed E-state index contributed by atoms with van der Waals surface area (Å²) in [4.78, 5) is 1.09. The van der Waals surface area contributed by atoms with E-state index in [1.165, 1.54) is 5.56 Å². The van der Waals surface area contributed by atoms with Crippen LogP contribution in [0.5, 0.6) is 5.75 Å². The summed E-state index contributed by atoms with van der Waals surface area (Å²) in [5, 5.41) is 20.4. The van der Waals surface area contributed by atoms with Crippen molar-refractivity contribution in [3.05, 3.63) is 60.2 Å². The molecule has 0 aliphatic carbocycles. The highest BCUT2D eigenvalue weighted by atomic mass is 32.2. The molecule has 0 aliphatic rings. The molecule has 0 aliphatic heterocycles. The van der Waals surface area contributed by atoms with Crippen LogP contribution >= 0.6 is 11.8 Å². The summed E-state index contributed by atoms with van der Waals surface area (Å²) in [6.07, 6.45) is 2.25. The SMILES string of the molecule is COc1ccc(S[C@@](C)(CCCc2ccccc2)[C@H](O)[C@H](C)CO)cc1. The summed E-state index contributed by atoms with van der Waals surface area (Å²) in [5.74, 6) is 0.659. The fourth-order valence-corrected chi connectivity index (χ4v) is 4.57. The minimum Gasteiger partial charge on any atom is -0.497 e. The summed E-state index contributed by atoms with van der Waals surface area (Å²) in [5.41, 5.74) is 1.31. The van der Waals surface area contributed by atoms with Crippen molar-refractivity contribution >= 4 is 11.8 Å². The van der Waals surface area contributed by atoms with Crippen molar-refractivity contribution in [2.24, 2.45) is 5.92 Å². The minimum atomic E-state index is -0.588. The molecule has 2 aromatic rings. The number of benzene rings is 2. The molecule has 0 fully saturated rings. The molecule has 142 valence electrons. The van der Waals surface area contributed by atoms with Crippen molar-refractivity contribution in [2.75, 3.05) is 13.7 Å². The number of thioether (sulfide) groups is 1. The molecule has 2 N–H and O–H groups in total. The molecule has 0 amide bonds. The lowest BCUT2D eigenvalue weighted by Crippen LogP contribution is -2.42. The third-order valence-corrected chi connectivity index (χ3v) is 6.26. The van der Waals surface area contributed by atoms with Crippen LogP contribution in [0.25, 0.3) is 0 Å². The first-order valence-electron chi connectivity index (χ1n) is 9.14. The second kappa shape index (κ2) is 10.0. The maximum absolute atomic E-state index is 10.9. The molecule has 2 aromatic carbocycles. The Morgan fingerprint density at radius 2 is 1.73 bits per heavy atom. The van der Waals surface area contributed by atoms with Crippen LogP contribution in [0.1, 0.15) is 32.3 Å². The highest BCUT2D eigenvalue weighted by molar-refractivity contribution is 8.00. The number of rotatable bonds is 10.